The molecule has 0 bridgehead atoms. The van der Waals surface area contributed by atoms with E-state index in [9.17, 15) is 18.4 Å². The van der Waals surface area contributed by atoms with Gasteiger partial charge in [0.1, 0.15) is 17.4 Å². The van der Waals surface area contributed by atoms with Gasteiger partial charge in [-0.15, -0.1) is 0 Å². The fourth-order valence-electron chi connectivity index (χ4n) is 3.55. The highest BCUT2D eigenvalue weighted by atomic mass is 19.1. The van der Waals surface area contributed by atoms with Gasteiger partial charge < -0.3 is 20.1 Å². The number of likely N-dealkylation sites (N-methyl/N-ethyl adjacent to an activating group) is 1. The maximum atomic E-state index is 13.7. The summed E-state index contributed by atoms with van der Waals surface area (Å²) in [5.41, 5.74) is 2.16. The molecule has 160 valence electrons. The minimum atomic E-state index is -1.04. The molecule has 3 rings (SSSR count). The average Bonchev–Trinajstić information content (AvgIpc) is 3.13. The third-order valence-electron chi connectivity index (χ3n) is 5.11. The van der Waals surface area contributed by atoms with E-state index in [1.165, 1.54) is 12.1 Å². The highest BCUT2D eigenvalue weighted by Crippen LogP contribution is 2.32. The Balaban J connectivity index is 1.56. The Morgan fingerprint density at radius 3 is 2.73 bits per heavy atom. The van der Waals surface area contributed by atoms with Crippen molar-refractivity contribution in [2.24, 2.45) is 0 Å². The lowest BCUT2D eigenvalue weighted by molar-refractivity contribution is -0.139. The van der Waals surface area contributed by atoms with Crippen molar-refractivity contribution in [3.63, 3.8) is 0 Å². The standard InChI is InChI=1S/C22H24F2N2O4/c1-25-19(13-21(27)28)22(29)26-9-8-15-11-17(6-7-20(15)26)30-10-2-3-14-4-5-16(23)12-18(14)24/h4-7,11-12,19,25H,2-3,8-10,13H2,1H3,(H,27,28)/t19-/m1/s1. The van der Waals surface area contributed by atoms with Crippen LogP contribution in [0.3, 0.4) is 0 Å². The molecule has 1 heterocycles. The van der Waals surface area contributed by atoms with Crippen molar-refractivity contribution in [3.8, 4) is 5.75 Å². The molecule has 6 nitrogen and oxygen atoms in total. The van der Waals surface area contributed by atoms with Gasteiger partial charge in [-0.1, -0.05) is 6.07 Å². The zero-order valence-corrected chi connectivity index (χ0v) is 16.7. The molecule has 0 fully saturated rings. The fourth-order valence-corrected chi connectivity index (χ4v) is 3.55. The second-order valence-electron chi connectivity index (χ2n) is 7.16. The summed E-state index contributed by atoms with van der Waals surface area (Å²) in [5.74, 6) is -1.81. The summed E-state index contributed by atoms with van der Waals surface area (Å²) in [6.07, 6.45) is 1.39. The molecule has 2 aromatic carbocycles. The number of halogens is 2. The molecule has 2 N–H and O–H groups in total. The number of benzene rings is 2. The molecular formula is C22H24F2N2O4. The Labute approximate surface area is 173 Å². The smallest absolute Gasteiger partial charge is 0.305 e. The van der Waals surface area contributed by atoms with E-state index in [1.54, 1.807) is 24.1 Å². The minimum absolute atomic E-state index is 0.270. The van der Waals surface area contributed by atoms with Gasteiger partial charge in [-0.2, -0.15) is 0 Å². The van der Waals surface area contributed by atoms with E-state index in [4.69, 9.17) is 9.84 Å². The summed E-state index contributed by atoms with van der Waals surface area (Å²) in [6.45, 7) is 0.859. The molecule has 0 spiro atoms. The lowest BCUT2D eigenvalue weighted by Gasteiger charge is -2.23. The maximum absolute atomic E-state index is 13.7. The van der Waals surface area contributed by atoms with Crippen LogP contribution in [0.5, 0.6) is 5.75 Å². The topological polar surface area (TPSA) is 78.9 Å². The number of carbonyl (C=O) groups is 2. The summed E-state index contributed by atoms with van der Waals surface area (Å²) in [6, 6.07) is 8.19. The Bertz CT molecular complexity index is 935. The van der Waals surface area contributed by atoms with Gasteiger partial charge in [0.05, 0.1) is 19.1 Å². The number of fused-ring (bicyclic) bond motifs is 1. The highest BCUT2D eigenvalue weighted by Gasteiger charge is 2.30. The number of rotatable bonds is 9. The zero-order valence-electron chi connectivity index (χ0n) is 16.7. The first-order valence-corrected chi connectivity index (χ1v) is 9.79. The van der Waals surface area contributed by atoms with Gasteiger partial charge in [-0.25, -0.2) is 8.78 Å². The van der Waals surface area contributed by atoms with Gasteiger partial charge in [-0.3, -0.25) is 9.59 Å². The monoisotopic (exact) mass is 418 g/mol. The molecule has 0 aromatic heterocycles. The normalized spacial score (nSPS) is 13.8. The second-order valence-corrected chi connectivity index (χ2v) is 7.16. The van der Waals surface area contributed by atoms with Gasteiger partial charge in [0.2, 0.25) is 5.91 Å². The molecule has 2 aromatic rings. The van der Waals surface area contributed by atoms with Crippen LogP contribution in [0.2, 0.25) is 0 Å². The van der Waals surface area contributed by atoms with Gasteiger partial charge in [-0.05, 0) is 61.7 Å². The molecule has 0 saturated carbocycles. The molecule has 30 heavy (non-hydrogen) atoms. The second kappa shape index (κ2) is 9.67. The summed E-state index contributed by atoms with van der Waals surface area (Å²) >= 11 is 0. The van der Waals surface area contributed by atoms with Crippen molar-refractivity contribution in [3.05, 3.63) is 59.2 Å². The van der Waals surface area contributed by atoms with E-state index in [0.29, 0.717) is 43.7 Å². The predicted molar refractivity (Wildman–Crippen MR) is 108 cm³/mol. The molecule has 1 aliphatic rings. The number of aryl methyl sites for hydroxylation is 1. The van der Waals surface area contributed by atoms with Crippen LogP contribution in [0.25, 0.3) is 0 Å². The minimum Gasteiger partial charge on any atom is -0.494 e. The van der Waals surface area contributed by atoms with Crippen molar-refractivity contribution in [1.29, 1.82) is 0 Å². The maximum Gasteiger partial charge on any atom is 0.305 e. The Morgan fingerprint density at radius 2 is 2.03 bits per heavy atom. The van der Waals surface area contributed by atoms with Crippen LogP contribution in [0.4, 0.5) is 14.5 Å². The largest absolute Gasteiger partial charge is 0.494 e. The van der Waals surface area contributed by atoms with E-state index in [0.717, 1.165) is 17.3 Å². The fraction of sp³-hybridized carbons (Fsp3) is 0.364. The van der Waals surface area contributed by atoms with Crippen LogP contribution in [0.1, 0.15) is 24.0 Å². The molecule has 0 aliphatic carbocycles. The number of nitrogens with one attached hydrogen (secondary N) is 1. The number of anilines is 1. The number of carboxylic acid groups (broad SMARTS) is 1. The van der Waals surface area contributed by atoms with E-state index < -0.39 is 23.6 Å². The van der Waals surface area contributed by atoms with Crippen molar-refractivity contribution in [2.45, 2.75) is 31.7 Å². The van der Waals surface area contributed by atoms with E-state index in [1.807, 2.05) is 6.07 Å². The van der Waals surface area contributed by atoms with E-state index in [2.05, 4.69) is 5.32 Å². The average molecular weight is 418 g/mol. The van der Waals surface area contributed by atoms with Gasteiger partial charge in [0.25, 0.3) is 0 Å². The van der Waals surface area contributed by atoms with Crippen molar-refractivity contribution < 1.29 is 28.2 Å². The Morgan fingerprint density at radius 1 is 1.23 bits per heavy atom. The quantitative estimate of drug-likeness (QED) is 0.613. The first-order valence-electron chi connectivity index (χ1n) is 9.79. The third kappa shape index (κ3) is 5.13. The van der Waals surface area contributed by atoms with E-state index >= 15 is 0 Å². The highest BCUT2D eigenvalue weighted by molar-refractivity contribution is 6.00. The molecule has 0 saturated heterocycles. The molecule has 1 aliphatic heterocycles. The lowest BCUT2D eigenvalue weighted by atomic mass is 10.1. The van der Waals surface area contributed by atoms with Crippen molar-refractivity contribution in [1.82, 2.24) is 5.32 Å². The first-order chi connectivity index (χ1) is 14.4. The van der Waals surface area contributed by atoms with Crippen LogP contribution in [-0.2, 0) is 22.4 Å². The number of amides is 1. The number of hydrogen-bond acceptors (Lipinski definition) is 4. The Kier molecular flexibility index (Phi) is 6.99. The Hall–Kier alpha value is -3.00. The van der Waals surface area contributed by atoms with Crippen LogP contribution < -0.4 is 15.0 Å². The molecule has 0 radical (unpaired) electrons. The van der Waals surface area contributed by atoms with Crippen LogP contribution in [0.15, 0.2) is 36.4 Å². The van der Waals surface area contributed by atoms with Crippen LogP contribution in [-0.4, -0.2) is 43.2 Å². The van der Waals surface area contributed by atoms with Gasteiger partial charge in [0, 0.05) is 18.3 Å². The molecule has 8 heteroatoms. The van der Waals surface area contributed by atoms with Crippen molar-refractivity contribution in [2.75, 3.05) is 25.1 Å². The van der Waals surface area contributed by atoms with Gasteiger partial charge >= 0.3 is 5.97 Å². The number of aliphatic carboxylic acids is 1. The first kappa shape index (κ1) is 21.7. The van der Waals surface area contributed by atoms with Crippen LogP contribution >= 0.6 is 0 Å². The van der Waals surface area contributed by atoms with E-state index in [-0.39, 0.29) is 12.3 Å². The summed E-state index contributed by atoms with van der Waals surface area (Å²) < 4.78 is 32.3. The molecular weight excluding hydrogens is 394 g/mol. The molecule has 1 atom stereocenters. The summed E-state index contributed by atoms with van der Waals surface area (Å²) in [5, 5.41) is 11.7. The number of nitrogens with zero attached hydrogens (tertiary/aromatic N) is 1. The number of hydrogen-bond donors (Lipinski definition) is 2. The number of ether oxygens (including phenoxy) is 1. The number of carbonyl (C=O) groups excluding carboxylic acids is 1. The predicted octanol–water partition coefficient (Wildman–Crippen LogP) is 2.93. The molecule has 1 amide bonds. The summed E-state index contributed by atoms with van der Waals surface area (Å²) in [4.78, 5) is 25.2. The zero-order chi connectivity index (χ0) is 21.7. The SMILES string of the molecule is CN[C@H](CC(=O)O)C(=O)N1CCc2cc(OCCCc3ccc(F)cc3F)ccc21. The third-order valence-corrected chi connectivity index (χ3v) is 5.11. The lowest BCUT2D eigenvalue weighted by Crippen LogP contribution is -2.45. The summed E-state index contributed by atoms with van der Waals surface area (Å²) in [7, 11) is 1.57. The number of carboxylic acids is 1. The van der Waals surface area contributed by atoms with Gasteiger partial charge in [0.15, 0.2) is 0 Å². The van der Waals surface area contributed by atoms with Crippen molar-refractivity contribution >= 4 is 17.6 Å². The van der Waals surface area contributed by atoms with Crippen LogP contribution in [0, 0.1) is 11.6 Å². The molecule has 0 unspecified atom stereocenters.